The second-order valence-electron chi connectivity index (χ2n) is 3.90. The molecule has 0 aromatic carbocycles. The van der Waals surface area contributed by atoms with Gasteiger partial charge in [0.25, 0.3) is 5.91 Å². The number of carbonyl (C=O) groups is 1. The van der Waals surface area contributed by atoms with Crippen LogP contribution in [-0.4, -0.2) is 22.4 Å². The molecule has 0 saturated carbocycles. The molecule has 2 aromatic heterocycles. The van der Waals surface area contributed by atoms with Crippen LogP contribution in [0.15, 0.2) is 30.6 Å². The predicted molar refractivity (Wildman–Crippen MR) is 75.6 cm³/mol. The molecular formula is C13H12ClFN4O. The van der Waals surface area contributed by atoms with E-state index in [1.165, 1.54) is 24.4 Å². The molecule has 0 spiro atoms. The van der Waals surface area contributed by atoms with E-state index in [9.17, 15) is 9.18 Å². The molecule has 2 rings (SSSR count). The number of nitrogens with one attached hydrogen (secondary N) is 2. The molecule has 2 N–H and O–H groups in total. The van der Waals surface area contributed by atoms with Crippen LogP contribution in [0.1, 0.15) is 17.3 Å². The fourth-order valence-corrected chi connectivity index (χ4v) is 1.73. The third kappa shape index (κ3) is 3.42. The molecule has 0 unspecified atom stereocenters. The minimum absolute atomic E-state index is 0.253. The van der Waals surface area contributed by atoms with Crippen LogP contribution in [0, 0.1) is 5.82 Å². The van der Waals surface area contributed by atoms with E-state index in [4.69, 9.17) is 11.6 Å². The summed E-state index contributed by atoms with van der Waals surface area (Å²) in [7, 11) is 0. The zero-order valence-corrected chi connectivity index (χ0v) is 11.4. The van der Waals surface area contributed by atoms with Crippen LogP contribution in [0.3, 0.4) is 0 Å². The number of pyridine rings is 2. The lowest BCUT2D eigenvalue weighted by Gasteiger charge is -2.07. The van der Waals surface area contributed by atoms with E-state index >= 15 is 0 Å². The largest absolute Gasteiger partial charge is 0.369 e. The van der Waals surface area contributed by atoms with Crippen LogP contribution in [0.2, 0.25) is 5.02 Å². The second kappa shape index (κ2) is 6.29. The van der Waals surface area contributed by atoms with Crippen molar-refractivity contribution in [2.75, 3.05) is 17.2 Å². The monoisotopic (exact) mass is 294 g/mol. The van der Waals surface area contributed by atoms with Crippen LogP contribution < -0.4 is 10.6 Å². The van der Waals surface area contributed by atoms with Crippen molar-refractivity contribution in [1.29, 1.82) is 0 Å². The average molecular weight is 295 g/mol. The van der Waals surface area contributed by atoms with Crippen molar-refractivity contribution in [2.45, 2.75) is 6.92 Å². The first-order valence-corrected chi connectivity index (χ1v) is 6.30. The van der Waals surface area contributed by atoms with Crippen LogP contribution >= 0.6 is 11.6 Å². The Bertz CT molecular complexity index is 618. The second-order valence-corrected chi connectivity index (χ2v) is 4.31. The molecule has 0 fully saturated rings. The average Bonchev–Trinajstić information content (AvgIpc) is 2.44. The number of rotatable bonds is 4. The van der Waals surface area contributed by atoms with Gasteiger partial charge in [-0.05, 0) is 25.1 Å². The zero-order valence-electron chi connectivity index (χ0n) is 10.7. The summed E-state index contributed by atoms with van der Waals surface area (Å²) in [5.74, 6) is -0.113. The van der Waals surface area contributed by atoms with Crippen LogP contribution in [0.4, 0.5) is 16.0 Å². The highest BCUT2D eigenvalue weighted by Gasteiger charge is 2.10. The Labute approximate surface area is 120 Å². The highest BCUT2D eigenvalue weighted by molar-refractivity contribution is 6.33. The molecular weight excluding hydrogens is 283 g/mol. The van der Waals surface area contributed by atoms with Crippen molar-refractivity contribution in [1.82, 2.24) is 9.97 Å². The lowest BCUT2D eigenvalue weighted by molar-refractivity contribution is 0.102. The lowest BCUT2D eigenvalue weighted by atomic mass is 10.2. The number of carbonyl (C=O) groups excluding carboxylic acids is 1. The Morgan fingerprint density at radius 3 is 2.75 bits per heavy atom. The number of nitrogens with zero attached hydrogens (tertiary/aromatic N) is 2. The van der Waals surface area contributed by atoms with E-state index in [1.807, 2.05) is 6.92 Å². The van der Waals surface area contributed by atoms with Gasteiger partial charge in [-0.15, -0.1) is 0 Å². The van der Waals surface area contributed by atoms with Crippen molar-refractivity contribution < 1.29 is 9.18 Å². The number of anilines is 2. The Balaban J connectivity index is 2.13. The first-order valence-electron chi connectivity index (χ1n) is 5.92. The Morgan fingerprint density at radius 1 is 1.35 bits per heavy atom. The summed E-state index contributed by atoms with van der Waals surface area (Å²) in [5.41, 5.74) is 0.294. The molecule has 2 aromatic rings. The van der Waals surface area contributed by atoms with Crippen LogP contribution in [0.25, 0.3) is 0 Å². The Morgan fingerprint density at radius 2 is 2.15 bits per heavy atom. The summed E-state index contributed by atoms with van der Waals surface area (Å²) in [6, 6.07) is 4.09. The smallest absolute Gasteiger partial charge is 0.258 e. The normalized spacial score (nSPS) is 10.2. The van der Waals surface area contributed by atoms with Crippen molar-refractivity contribution >= 4 is 29.1 Å². The van der Waals surface area contributed by atoms with E-state index in [-0.39, 0.29) is 5.82 Å². The highest BCUT2D eigenvalue weighted by Crippen LogP contribution is 2.20. The summed E-state index contributed by atoms with van der Waals surface area (Å²) >= 11 is 6.01. The third-order valence-corrected chi connectivity index (χ3v) is 2.70. The number of hydrogen-bond donors (Lipinski definition) is 2. The maximum Gasteiger partial charge on any atom is 0.258 e. The summed E-state index contributed by atoms with van der Waals surface area (Å²) < 4.78 is 12.7. The van der Waals surface area contributed by atoms with E-state index < -0.39 is 11.7 Å². The number of aromatic nitrogens is 2. The van der Waals surface area contributed by atoms with Gasteiger partial charge in [0.15, 0.2) is 0 Å². The fourth-order valence-electron chi connectivity index (χ4n) is 1.50. The molecule has 7 heteroatoms. The van der Waals surface area contributed by atoms with E-state index in [2.05, 4.69) is 20.6 Å². The van der Waals surface area contributed by atoms with Gasteiger partial charge in [-0.1, -0.05) is 11.6 Å². The molecule has 5 nitrogen and oxygen atoms in total. The zero-order chi connectivity index (χ0) is 14.5. The summed E-state index contributed by atoms with van der Waals surface area (Å²) in [5, 5.41) is 5.85. The number of hydrogen-bond acceptors (Lipinski definition) is 4. The minimum atomic E-state index is -0.470. The Hall–Kier alpha value is -2.21. The van der Waals surface area contributed by atoms with Gasteiger partial charge < -0.3 is 10.6 Å². The van der Waals surface area contributed by atoms with Gasteiger partial charge in [0.1, 0.15) is 17.5 Å². The van der Waals surface area contributed by atoms with Gasteiger partial charge in [0.2, 0.25) is 0 Å². The van der Waals surface area contributed by atoms with Gasteiger partial charge in [-0.25, -0.2) is 14.4 Å². The van der Waals surface area contributed by atoms with Crippen molar-refractivity contribution in [3.05, 3.63) is 47.0 Å². The summed E-state index contributed by atoms with van der Waals surface area (Å²) in [6.45, 7) is 2.59. The molecule has 104 valence electrons. The van der Waals surface area contributed by atoms with Crippen molar-refractivity contribution in [3.63, 3.8) is 0 Å². The molecule has 0 aliphatic carbocycles. The van der Waals surface area contributed by atoms with Gasteiger partial charge in [0.05, 0.1) is 16.8 Å². The lowest BCUT2D eigenvalue weighted by Crippen LogP contribution is -2.13. The quantitative estimate of drug-likeness (QED) is 0.910. The van der Waals surface area contributed by atoms with Gasteiger partial charge >= 0.3 is 0 Å². The molecule has 1 amide bonds. The van der Waals surface area contributed by atoms with Crippen LogP contribution in [-0.2, 0) is 0 Å². The summed E-state index contributed by atoms with van der Waals surface area (Å²) in [4.78, 5) is 19.8. The topological polar surface area (TPSA) is 66.9 Å². The molecule has 0 saturated heterocycles. The van der Waals surface area contributed by atoms with E-state index in [1.54, 1.807) is 0 Å². The van der Waals surface area contributed by atoms with Gasteiger partial charge in [0, 0.05) is 12.7 Å². The standard InChI is InChI=1S/C13H12ClFN4O/c1-2-16-12-10(14)5-8(6-18-12)13(20)19-11-4-3-9(15)7-17-11/h3-7H,2H2,1H3,(H,16,18)(H,17,19,20). The molecule has 0 bridgehead atoms. The fraction of sp³-hybridized carbons (Fsp3) is 0.154. The van der Waals surface area contributed by atoms with E-state index in [0.29, 0.717) is 22.9 Å². The number of amides is 1. The number of halogens is 2. The molecule has 0 aliphatic heterocycles. The van der Waals surface area contributed by atoms with Crippen LogP contribution in [0.5, 0.6) is 0 Å². The van der Waals surface area contributed by atoms with Crippen molar-refractivity contribution in [3.8, 4) is 0 Å². The molecule has 2 heterocycles. The third-order valence-electron chi connectivity index (χ3n) is 2.42. The predicted octanol–water partition coefficient (Wildman–Crippen LogP) is 2.95. The first-order chi connectivity index (χ1) is 9.60. The molecule has 0 atom stereocenters. The maximum atomic E-state index is 12.7. The SMILES string of the molecule is CCNc1ncc(C(=O)Nc2ccc(F)cn2)cc1Cl. The van der Waals surface area contributed by atoms with Crippen molar-refractivity contribution in [2.24, 2.45) is 0 Å². The van der Waals surface area contributed by atoms with Gasteiger partial charge in [-0.2, -0.15) is 0 Å². The maximum absolute atomic E-state index is 12.7. The minimum Gasteiger partial charge on any atom is -0.369 e. The van der Waals surface area contributed by atoms with Gasteiger partial charge in [-0.3, -0.25) is 4.79 Å². The highest BCUT2D eigenvalue weighted by atomic mass is 35.5. The molecule has 20 heavy (non-hydrogen) atoms. The van der Waals surface area contributed by atoms with E-state index in [0.717, 1.165) is 6.20 Å². The molecule has 0 aliphatic rings. The Kier molecular flexibility index (Phi) is 4.47. The summed E-state index contributed by atoms with van der Waals surface area (Å²) in [6.07, 6.45) is 2.43. The molecule has 0 radical (unpaired) electrons. The first kappa shape index (κ1) is 14.2.